The number of hydrogen-bond acceptors (Lipinski definition) is 2. The van der Waals surface area contributed by atoms with Crippen LogP contribution in [0.1, 0.15) is 34.5 Å². The zero-order valence-electron chi connectivity index (χ0n) is 14.2. The van der Waals surface area contributed by atoms with Crippen LogP contribution in [0, 0.1) is 6.92 Å². The molecule has 1 amide bonds. The van der Waals surface area contributed by atoms with Gasteiger partial charge in [-0.05, 0) is 66.4 Å². The molecule has 0 aliphatic heterocycles. The maximum atomic E-state index is 12.5. The average Bonchev–Trinajstić information content (AvgIpc) is 2.63. The van der Waals surface area contributed by atoms with E-state index in [0.29, 0.717) is 5.56 Å². The van der Waals surface area contributed by atoms with E-state index in [4.69, 9.17) is 0 Å². The van der Waals surface area contributed by atoms with Gasteiger partial charge in [0.15, 0.2) is 0 Å². The Bertz CT molecular complexity index is 873. The second-order valence-electron chi connectivity index (χ2n) is 6.01. The van der Waals surface area contributed by atoms with Crippen LogP contribution in [0.5, 0.6) is 0 Å². The Morgan fingerprint density at radius 1 is 1.04 bits per heavy atom. The topological polar surface area (TPSA) is 42.0 Å². The van der Waals surface area contributed by atoms with Crippen LogP contribution in [0.4, 0.5) is 0 Å². The molecule has 2 aromatic carbocycles. The minimum absolute atomic E-state index is 0.0530. The van der Waals surface area contributed by atoms with Crippen molar-refractivity contribution in [3.8, 4) is 11.1 Å². The zero-order chi connectivity index (χ0) is 17.8. The summed E-state index contributed by atoms with van der Waals surface area (Å²) < 4.78 is 1.02. The number of amides is 1. The summed E-state index contributed by atoms with van der Waals surface area (Å²) in [4.78, 5) is 16.6. The lowest BCUT2D eigenvalue weighted by Gasteiger charge is -2.15. The molecule has 25 heavy (non-hydrogen) atoms. The Balaban J connectivity index is 1.72. The lowest BCUT2D eigenvalue weighted by Crippen LogP contribution is -2.26. The summed E-state index contributed by atoms with van der Waals surface area (Å²) in [7, 11) is 0. The minimum Gasteiger partial charge on any atom is -0.346 e. The molecule has 0 spiro atoms. The number of carbonyl (C=O) groups is 1. The van der Waals surface area contributed by atoms with Gasteiger partial charge >= 0.3 is 0 Å². The van der Waals surface area contributed by atoms with Crippen molar-refractivity contribution >= 4 is 21.8 Å². The van der Waals surface area contributed by atoms with Crippen molar-refractivity contribution in [2.24, 2.45) is 0 Å². The van der Waals surface area contributed by atoms with Crippen LogP contribution in [-0.2, 0) is 0 Å². The molecule has 0 fully saturated rings. The average molecular weight is 395 g/mol. The minimum atomic E-state index is -0.0755. The maximum absolute atomic E-state index is 12.5. The van der Waals surface area contributed by atoms with Crippen molar-refractivity contribution in [1.29, 1.82) is 0 Å². The second kappa shape index (κ2) is 7.62. The van der Waals surface area contributed by atoms with Crippen molar-refractivity contribution in [2.75, 3.05) is 0 Å². The quantitative estimate of drug-likeness (QED) is 0.651. The molecule has 1 atom stereocenters. The fraction of sp³-hybridized carbons (Fsp3) is 0.143. The van der Waals surface area contributed by atoms with E-state index >= 15 is 0 Å². The van der Waals surface area contributed by atoms with Gasteiger partial charge in [0, 0.05) is 22.4 Å². The van der Waals surface area contributed by atoms with Crippen LogP contribution >= 0.6 is 15.9 Å². The van der Waals surface area contributed by atoms with E-state index in [-0.39, 0.29) is 11.9 Å². The first kappa shape index (κ1) is 17.4. The Kier molecular flexibility index (Phi) is 5.29. The normalized spacial score (nSPS) is 11.8. The highest BCUT2D eigenvalue weighted by Gasteiger charge is 2.12. The van der Waals surface area contributed by atoms with Gasteiger partial charge in [0.1, 0.15) is 0 Å². The molecule has 3 nitrogen and oxygen atoms in total. The van der Waals surface area contributed by atoms with Crippen molar-refractivity contribution < 1.29 is 4.79 Å². The van der Waals surface area contributed by atoms with Gasteiger partial charge < -0.3 is 5.32 Å². The summed E-state index contributed by atoms with van der Waals surface area (Å²) in [6.45, 7) is 4.01. The number of nitrogens with zero attached hydrogens (tertiary/aromatic N) is 1. The third kappa shape index (κ3) is 4.15. The standard InChI is InChI=1S/C21H19BrN2O/c1-14-13-23-12-11-20(14)17-3-5-18(6-4-17)21(25)24-15(2)16-7-9-19(22)10-8-16/h3-13,15H,1-2H3,(H,24,25)/t15-/m1/s1. The number of halogens is 1. The Hall–Kier alpha value is -2.46. The third-order valence-corrected chi connectivity index (χ3v) is 4.72. The number of benzene rings is 2. The van der Waals surface area contributed by atoms with E-state index in [9.17, 15) is 4.79 Å². The van der Waals surface area contributed by atoms with Crippen molar-refractivity contribution in [2.45, 2.75) is 19.9 Å². The highest BCUT2D eigenvalue weighted by atomic mass is 79.9. The van der Waals surface area contributed by atoms with Crippen LogP contribution in [0.3, 0.4) is 0 Å². The number of hydrogen-bond donors (Lipinski definition) is 1. The SMILES string of the molecule is Cc1cnccc1-c1ccc(C(=O)N[C@H](C)c2ccc(Br)cc2)cc1. The van der Waals surface area contributed by atoms with E-state index in [1.807, 2.05) is 74.6 Å². The first-order valence-corrected chi connectivity index (χ1v) is 8.91. The summed E-state index contributed by atoms with van der Waals surface area (Å²) >= 11 is 3.42. The molecule has 3 rings (SSSR count). The molecule has 0 aliphatic rings. The van der Waals surface area contributed by atoms with E-state index in [1.165, 1.54) is 0 Å². The Morgan fingerprint density at radius 2 is 1.72 bits per heavy atom. The van der Waals surface area contributed by atoms with E-state index in [2.05, 4.69) is 26.2 Å². The molecule has 0 aliphatic carbocycles. The molecule has 1 heterocycles. The van der Waals surface area contributed by atoms with Crippen LogP contribution in [0.2, 0.25) is 0 Å². The summed E-state index contributed by atoms with van der Waals surface area (Å²) in [5.74, 6) is -0.0755. The largest absolute Gasteiger partial charge is 0.346 e. The molecule has 3 aromatic rings. The van der Waals surface area contributed by atoms with Gasteiger partial charge in [-0.15, -0.1) is 0 Å². The van der Waals surface area contributed by atoms with E-state index < -0.39 is 0 Å². The lowest BCUT2D eigenvalue weighted by molar-refractivity contribution is 0.0940. The fourth-order valence-corrected chi connectivity index (χ4v) is 2.98. The number of aromatic nitrogens is 1. The van der Waals surface area contributed by atoms with Crippen LogP contribution < -0.4 is 5.32 Å². The molecule has 1 aromatic heterocycles. The lowest BCUT2D eigenvalue weighted by atomic mass is 10.0. The first-order valence-electron chi connectivity index (χ1n) is 8.12. The molecular formula is C21H19BrN2O. The molecular weight excluding hydrogens is 376 g/mol. The predicted molar refractivity (Wildman–Crippen MR) is 104 cm³/mol. The Morgan fingerprint density at radius 3 is 2.36 bits per heavy atom. The third-order valence-electron chi connectivity index (χ3n) is 4.20. The van der Waals surface area contributed by atoms with E-state index in [1.54, 1.807) is 6.20 Å². The van der Waals surface area contributed by atoms with Crippen LogP contribution in [-0.4, -0.2) is 10.9 Å². The van der Waals surface area contributed by atoms with Gasteiger partial charge in [-0.25, -0.2) is 0 Å². The summed E-state index contributed by atoms with van der Waals surface area (Å²) in [5, 5.41) is 3.04. The molecule has 0 saturated heterocycles. The summed E-state index contributed by atoms with van der Waals surface area (Å²) in [6, 6.07) is 17.6. The highest BCUT2D eigenvalue weighted by Crippen LogP contribution is 2.23. The maximum Gasteiger partial charge on any atom is 0.251 e. The van der Waals surface area contributed by atoms with Gasteiger partial charge in [-0.1, -0.05) is 40.2 Å². The molecule has 1 N–H and O–H groups in total. The highest BCUT2D eigenvalue weighted by molar-refractivity contribution is 9.10. The number of aryl methyl sites for hydroxylation is 1. The van der Waals surface area contributed by atoms with Gasteiger partial charge in [0.25, 0.3) is 5.91 Å². The van der Waals surface area contributed by atoms with Gasteiger partial charge in [-0.3, -0.25) is 9.78 Å². The number of carbonyl (C=O) groups excluding carboxylic acids is 1. The monoisotopic (exact) mass is 394 g/mol. The molecule has 0 saturated carbocycles. The molecule has 0 bridgehead atoms. The van der Waals surface area contributed by atoms with Crippen molar-refractivity contribution in [1.82, 2.24) is 10.3 Å². The summed E-state index contributed by atoms with van der Waals surface area (Å²) in [5.41, 5.74) is 5.05. The van der Waals surface area contributed by atoms with Gasteiger partial charge in [0.2, 0.25) is 0 Å². The van der Waals surface area contributed by atoms with E-state index in [0.717, 1.165) is 26.7 Å². The number of nitrogens with one attached hydrogen (secondary N) is 1. The smallest absolute Gasteiger partial charge is 0.251 e. The van der Waals surface area contributed by atoms with Crippen LogP contribution in [0.25, 0.3) is 11.1 Å². The van der Waals surface area contributed by atoms with Crippen molar-refractivity contribution in [3.63, 3.8) is 0 Å². The molecule has 4 heteroatoms. The van der Waals surface area contributed by atoms with Crippen LogP contribution in [0.15, 0.2) is 71.5 Å². The van der Waals surface area contributed by atoms with Crippen molar-refractivity contribution in [3.05, 3.63) is 88.2 Å². The van der Waals surface area contributed by atoms with Gasteiger partial charge in [0.05, 0.1) is 6.04 Å². The molecule has 0 unspecified atom stereocenters. The molecule has 126 valence electrons. The number of rotatable bonds is 4. The predicted octanol–water partition coefficient (Wildman–Crippen LogP) is 5.31. The zero-order valence-corrected chi connectivity index (χ0v) is 15.7. The molecule has 0 radical (unpaired) electrons. The Labute approximate surface area is 156 Å². The number of pyridine rings is 1. The first-order chi connectivity index (χ1) is 12.0. The van der Waals surface area contributed by atoms with Gasteiger partial charge in [-0.2, -0.15) is 0 Å². The second-order valence-corrected chi connectivity index (χ2v) is 6.93. The fourth-order valence-electron chi connectivity index (χ4n) is 2.71. The summed E-state index contributed by atoms with van der Waals surface area (Å²) in [6.07, 6.45) is 3.62.